The van der Waals surface area contributed by atoms with E-state index in [0.717, 1.165) is 17.7 Å². The summed E-state index contributed by atoms with van der Waals surface area (Å²) < 4.78 is 13.0. The molecule has 1 fully saturated rings. The van der Waals surface area contributed by atoms with Gasteiger partial charge in [-0.2, -0.15) is 11.8 Å². The number of hydrogen-bond donors (Lipinski definition) is 1. The Morgan fingerprint density at radius 2 is 2.38 bits per heavy atom. The second-order valence-electron chi connectivity index (χ2n) is 4.29. The molecule has 1 aliphatic rings. The Morgan fingerprint density at radius 3 is 2.94 bits per heavy atom. The van der Waals surface area contributed by atoms with Gasteiger partial charge < -0.3 is 5.11 Å². The zero-order valence-corrected chi connectivity index (χ0v) is 10.6. The largest absolute Gasteiger partial charge is 0.388 e. The van der Waals surface area contributed by atoms with E-state index in [1.807, 2.05) is 6.92 Å². The van der Waals surface area contributed by atoms with Gasteiger partial charge >= 0.3 is 0 Å². The quantitative estimate of drug-likeness (QED) is 0.881. The Hall–Kier alpha value is -0.250. The summed E-state index contributed by atoms with van der Waals surface area (Å²) in [5, 5.41) is 10.8. The lowest BCUT2D eigenvalue weighted by atomic mass is 9.89. The summed E-state index contributed by atoms with van der Waals surface area (Å²) in [7, 11) is 0. The molecule has 1 nitrogen and oxygen atoms in total. The second-order valence-corrected chi connectivity index (χ2v) is 6.15. The molecule has 1 N–H and O–H groups in total. The van der Waals surface area contributed by atoms with Crippen LogP contribution in [0.25, 0.3) is 0 Å². The molecule has 1 heterocycles. The Morgan fingerprint density at radius 1 is 1.62 bits per heavy atom. The lowest BCUT2D eigenvalue weighted by Gasteiger charge is -2.26. The third kappa shape index (κ3) is 2.36. The molecule has 2 unspecified atom stereocenters. The third-order valence-corrected chi connectivity index (χ3v) is 4.82. The first-order valence-electron chi connectivity index (χ1n) is 5.29. The minimum absolute atomic E-state index is 0.124. The molecule has 4 heteroatoms. The van der Waals surface area contributed by atoms with Gasteiger partial charge in [0.05, 0.1) is 10.6 Å². The van der Waals surface area contributed by atoms with Crippen molar-refractivity contribution in [1.82, 2.24) is 0 Å². The number of hydrogen-bond acceptors (Lipinski definition) is 2. The van der Waals surface area contributed by atoms with Crippen LogP contribution in [-0.4, -0.2) is 21.7 Å². The smallest absolute Gasteiger partial charge is 0.141 e. The van der Waals surface area contributed by atoms with E-state index in [4.69, 9.17) is 11.6 Å². The van der Waals surface area contributed by atoms with Crippen molar-refractivity contribution in [2.75, 3.05) is 5.75 Å². The molecule has 0 radical (unpaired) electrons. The van der Waals surface area contributed by atoms with Crippen LogP contribution in [0.1, 0.15) is 18.9 Å². The minimum Gasteiger partial charge on any atom is -0.388 e. The van der Waals surface area contributed by atoms with E-state index in [2.05, 4.69) is 0 Å². The highest BCUT2D eigenvalue weighted by Gasteiger charge is 2.38. The average Bonchev–Trinajstić information content (AvgIpc) is 2.53. The third-order valence-electron chi connectivity index (χ3n) is 3.15. The van der Waals surface area contributed by atoms with E-state index < -0.39 is 11.4 Å². The summed E-state index contributed by atoms with van der Waals surface area (Å²) in [5.41, 5.74) is 0.217. The SMILES string of the molecule is CC1SCCC1(O)Cc1ccc(F)c(Cl)c1. The van der Waals surface area contributed by atoms with Crippen molar-refractivity contribution in [3.63, 3.8) is 0 Å². The van der Waals surface area contributed by atoms with E-state index in [-0.39, 0.29) is 10.3 Å². The van der Waals surface area contributed by atoms with Gasteiger partial charge in [-0.25, -0.2) is 4.39 Å². The molecule has 0 spiro atoms. The topological polar surface area (TPSA) is 20.2 Å². The van der Waals surface area contributed by atoms with Crippen molar-refractivity contribution in [2.45, 2.75) is 30.6 Å². The number of rotatable bonds is 2. The van der Waals surface area contributed by atoms with Gasteiger partial charge in [-0.05, 0) is 29.9 Å². The van der Waals surface area contributed by atoms with Crippen LogP contribution in [0.2, 0.25) is 5.02 Å². The van der Waals surface area contributed by atoms with Crippen LogP contribution in [0.5, 0.6) is 0 Å². The molecule has 1 aliphatic heterocycles. The van der Waals surface area contributed by atoms with E-state index in [1.165, 1.54) is 6.07 Å². The minimum atomic E-state index is -0.675. The van der Waals surface area contributed by atoms with Gasteiger partial charge in [0.15, 0.2) is 0 Å². The summed E-state index contributed by atoms with van der Waals surface area (Å²) in [6.45, 7) is 2.03. The van der Waals surface area contributed by atoms with Crippen molar-refractivity contribution in [3.05, 3.63) is 34.6 Å². The van der Waals surface area contributed by atoms with Crippen molar-refractivity contribution in [2.24, 2.45) is 0 Å². The first kappa shape index (κ1) is 12.2. The fourth-order valence-electron chi connectivity index (χ4n) is 2.01. The normalized spacial score (nSPS) is 29.6. The van der Waals surface area contributed by atoms with Gasteiger partial charge in [0.25, 0.3) is 0 Å². The highest BCUT2D eigenvalue weighted by molar-refractivity contribution is 8.00. The maximum atomic E-state index is 13.0. The summed E-state index contributed by atoms with van der Waals surface area (Å²) in [6.07, 6.45) is 1.33. The summed E-state index contributed by atoms with van der Waals surface area (Å²) in [6, 6.07) is 4.65. The maximum absolute atomic E-state index is 13.0. The Labute approximate surface area is 104 Å². The molecule has 0 aliphatic carbocycles. The maximum Gasteiger partial charge on any atom is 0.141 e. The zero-order chi connectivity index (χ0) is 11.8. The molecule has 0 saturated carbocycles. The standard InChI is InChI=1S/C12H14ClFOS/c1-8-12(15,4-5-16-8)7-9-2-3-11(14)10(13)6-9/h2-3,6,8,15H,4-5,7H2,1H3. The van der Waals surface area contributed by atoms with Gasteiger partial charge in [-0.3, -0.25) is 0 Å². The molecule has 2 atom stereocenters. The molecule has 0 aromatic heterocycles. The van der Waals surface area contributed by atoms with Gasteiger partial charge in [-0.15, -0.1) is 0 Å². The fourth-order valence-corrected chi connectivity index (χ4v) is 3.55. The lowest BCUT2D eigenvalue weighted by molar-refractivity contribution is 0.0464. The van der Waals surface area contributed by atoms with E-state index in [9.17, 15) is 9.50 Å². The van der Waals surface area contributed by atoms with Crippen molar-refractivity contribution < 1.29 is 9.50 Å². The van der Waals surface area contributed by atoms with E-state index in [1.54, 1.807) is 23.9 Å². The van der Waals surface area contributed by atoms with Gasteiger partial charge in [0.2, 0.25) is 0 Å². The predicted octanol–water partition coefficient (Wildman–Crippen LogP) is 3.28. The lowest BCUT2D eigenvalue weighted by Crippen LogP contribution is -2.36. The van der Waals surface area contributed by atoms with E-state index >= 15 is 0 Å². The number of halogens is 2. The zero-order valence-electron chi connectivity index (χ0n) is 9.04. The molecule has 1 aromatic rings. The molecule has 0 amide bonds. The van der Waals surface area contributed by atoms with Crippen molar-refractivity contribution >= 4 is 23.4 Å². The van der Waals surface area contributed by atoms with Crippen LogP contribution in [-0.2, 0) is 6.42 Å². The highest BCUT2D eigenvalue weighted by Crippen LogP contribution is 2.38. The van der Waals surface area contributed by atoms with Crippen LogP contribution < -0.4 is 0 Å². The number of aliphatic hydroxyl groups is 1. The van der Waals surface area contributed by atoms with Gasteiger partial charge in [0, 0.05) is 11.7 Å². The summed E-state index contributed by atoms with van der Waals surface area (Å²) in [5.74, 6) is 0.568. The highest BCUT2D eigenvalue weighted by atomic mass is 35.5. The van der Waals surface area contributed by atoms with Crippen molar-refractivity contribution in [1.29, 1.82) is 0 Å². The van der Waals surface area contributed by atoms with Gasteiger partial charge in [0.1, 0.15) is 5.82 Å². The number of thioether (sulfide) groups is 1. The van der Waals surface area contributed by atoms with Crippen LogP contribution in [0.4, 0.5) is 4.39 Å². The van der Waals surface area contributed by atoms with Crippen LogP contribution in [0.3, 0.4) is 0 Å². The Bertz CT molecular complexity index is 399. The molecule has 0 bridgehead atoms. The van der Waals surface area contributed by atoms with Gasteiger partial charge in [-0.1, -0.05) is 24.6 Å². The summed E-state index contributed by atoms with van der Waals surface area (Å²) in [4.78, 5) is 0. The molecule has 16 heavy (non-hydrogen) atoms. The first-order chi connectivity index (χ1) is 7.51. The van der Waals surface area contributed by atoms with Crippen LogP contribution >= 0.6 is 23.4 Å². The monoisotopic (exact) mass is 260 g/mol. The van der Waals surface area contributed by atoms with Crippen LogP contribution in [0, 0.1) is 5.82 Å². The Balaban J connectivity index is 2.17. The Kier molecular flexibility index (Phi) is 3.48. The average molecular weight is 261 g/mol. The molecule has 2 rings (SSSR count). The van der Waals surface area contributed by atoms with Crippen LogP contribution in [0.15, 0.2) is 18.2 Å². The molecular formula is C12H14ClFOS. The molecular weight excluding hydrogens is 247 g/mol. The van der Waals surface area contributed by atoms with E-state index in [0.29, 0.717) is 6.42 Å². The fraction of sp³-hybridized carbons (Fsp3) is 0.500. The molecule has 1 saturated heterocycles. The molecule has 1 aromatic carbocycles. The number of benzene rings is 1. The molecule has 88 valence electrons. The summed E-state index contributed by atoms with van der Waals surface area (Å²) >= 11 is 7.49. The second kappa shape index (κ2) is 4.55. The van der Waals surface area contributed by atoms with Crippen molar-refractivity contribution in [3.8, 4) is 0 Å². The first-order valence-corrected chi connectivity index (χ1v) is 6.72. The predicted molar refractivity (Wildman–Crippen MR) is 66.6 cm³/mol.